The lowest BCUT2D eigenvalue weighted by atomic mass is 9.97. The van der Waals surface area contributed by atoms with Gasteiger partial charge in [-0.1, -0.05) is 30.0 Å². The maximum atomic E-state index is 11.2. The van der Waals surface area contributed by atoms with E-state index < -0.39 is 34.6 Å². The average Bonchev–Trinajstić information content (AvgIpc) is 2.58. The van der Waals surface area contributed by atoms with E-state index in [1.165, 1.54) is 0 Å². The van der Waals surface area contributed by atoms with Crippen LogP contribution in [-0.4, -0.2) is 33.2 Å². The second kappa shape index (κ2) is 7.49. The van der Waals surface area contributed by atoms with Crippen molar-refractivity contribution in [1.82, 2.24) is 0 Å². The minimum Gasteiger partial charge on any atom is -0.478 e. The van der Waals surface area contributed by atoms with Gasteiger partial charge in [0.1, 0.15) is 0 Å². The zero-order valence-corrected chi connectivity index (χ0v) is 12.6. The molecule has 0 saturated carbocycles. The van der Waals surface area contributed by atoms with E-state index in [4.69, 9.17) is 15.3 Å². The van der Waals surface area contributed by atoms with E-state index in [9.17, 15) is 14.4 Å². The van der Waals surface area contributed by atoms with Gasteiger partial charge in [0.25, 0.3) is 0 Å². The molecule has 0 aliphatic rings. The first kappa shape index (κ1) is 17.3. The lowest BCUT2D eigenvalue weighted by Crippen LogP contribution is -2.15. The number of hydrogen-bond donors (Lipinski definition) is 3. The van der Waals surface area contributed by atoms with Gasteiger partial charge in [-0.05, 0) is 36.1 Å². The zero-order valence-electron chi connectivity index (χ0n) is 12.6. The van der Waals surface area contributed by atoms with Crippen LogP contribution in [0.3, 0.4) is 0 Å². The molecule has 25 heavy (non-hydrogen) atoms. The second-order valence-electron chi connectivity index (χ2n) is 4.73. The van der Waals surface area contributed by atoms with Crippen molar-refractivity contribution in [1.29, 1.82) is 0 Å². The van der Waals surface area contributed by atoms with Gasteiger partial charge in [0.15, 0.2) is 0 Å². The third-order valence-electron chi connectivity index (χ3n) is 3.06. The predicted octanol–water partition coefficient (Wildman–Crippen LogP) is 2.18. The van der Waals surface area contributed by atoms with Gasteiger partial charge in [-0.2, -0.15) is 0 Å². The third-order valence-corrected chi connectivity index (χ3v) is 3.06. The number of benzene rings is 2. The Balaban J connectivity index is 2.49. The van der Waals surface area contributed by atoms with Crippen LogP contribution < -0.4 is 0 Å². The maximum Gasteiger partial charge on any atom is 0.337 e. The number of hydrogen-bond acceptors (Lipinski definition) is 3. The molecule has 0 heterocycles. The third kappa shape index (κ3) is 4.25. The normalized spacial score (nSPS) is 9.12. The summed E-state index contributed by atoms with van der Waals surface area (Å²) in [4.78, 5) is 33.7. The van der Waals surface area contributed by atoms with Crippen molar-refractivity contribution in [2.45, 2.75) is 0 Å². The van der Waals surface area contributed by atoms with Crippen LogP contribution in [0.1, 0.15) is 42.2 Å². The van der Waals surface area contributed by atoms with E-state index in [1.54, 1.807) is 24.3 Å². The predicted molar refractivity (Wildman–Crippen MR) is 87.5 cm³/mol. The fraction of sp³-hybridized carbons (Fsp3) is 0. The topological polar surface area (TPSA) is 112 Å². The largest absolute Gasteiger partial charge is 0.478 e. The maximum absolute atomic E-state index is 11.2. The molecular weight excluding hydrogens is 324 g/mol. The van der Waals surface area contributed by atoms with E-state index in [1.807, 2.05) is 6.07 Å². The van der Waals surface area contributed by atoms with Gasteiger partial charge in [-0.3, -0.25) is 0 Å². The number of carboxylic acids is 3. The summed E-state index contributed by atoms with van der Waals surface area (Å²) in [5, 5.41) is 27.4. The van der Waals surface area contributed by atoms with Gasteiger partial charge in [-0.25, -0.2) is 14.4 Å². The van der Waals surface area contributed by atoms with E-state index >= 15 is 0 Å². The van der Waals surface area contributed by atoms with E-state index in [0.29, 0.717) is 0 Å². The minimum atomic E-state index is -1.64. The minimum absolute atomic E-state index is 0.0437. The number of carbonyl (C=O) groups is 3. The Bertz CT molecular complexity index is 946. The van der Waals surface area contributed by atoms with Gasteiger partial charge in [-0.15, -0.1) is 0 Å². The highest BCUT2D eigenvalue weighted by molar-refractivity contribution is 6.09. The van der Waals surface area contributed by atoms with Crippen LogP contribution >= 0.6 is 0 Å². The molecule has 0 spiro atoms. The summed E-state index contributed by atoms with van der Waals surface area (Å²) < 4.78 is 0. The van der Waals surface area contributed by atoms with E-state index in [0.717, 1.165) is 17.7 Å². The van der Waals surface area contributed by atoms with Crippen LogP contribution in [0, 0.1) is 23.7 Å². The molecular formula is C19H10O6. The zero-order chi connectivity index (χ0) is 18.4. The lowest BCUT2D eigenvalue weighted by molar-refractivity contribution is 0.0633. The molecule has 0 aromatic heterocycles. The van der Waals surface area contributed by atoms with Gasteiger partial charge in [0.2, 0.25) is 0 Å². The molecule has 0 radical (unpaired) electrons. The Kier molecular flexibility index (Phi) is 5.19. The molecule has 0 unspecified atom stereocenters. The summed E-state index contributed by atoms with van der Waals surface area (Å²) in [5.74, 6) is 5.59. The van der Waals surface area contributed by atoms with Crippen molar-refractivity contribution < 1.29 is 29.7 Å². The van der Waals surface area contributed by atoms with Crippen LogP contribution in [0.15, 0.2) is 42.5 Å². The second-order valence-corrected chi connectivity index (χ2v) is 4.73. The number of rotatable bonds is 3. The molecule has 6 nitrogen and oxygen atoms in total. The van der Waals surface area contributed by atoms with Crippen molar-refractivity contribution in [2.75, 3.05) is 0 Å². The van der Waals surface area contributed by atoms with E-state index in [2.05, 4.69) is 23.7 Å². The lowest BCUT2D eigenvalue weighted by Gasteiger charge is -2.06. The monoisotopic (exact) mass is 334 g/mol. The molecule has 2 aromatic carbocycles. The first-order chi connectivity index (χ1) is 11.9. The van der Waals surface area contributed by atoms with Crippen LogP contribution in [0.2, 0.25) is 0 Å². The Labute approximate surface area is 142 Å². The fourth-order valence-corrected chi connectivity index (χ4v) is 2.01. The van der Waals surface area contributed by atoms with Gasteiger partial charge in [0, 0.05) is 11.1 Å². The van der Waals surface area contributed by atoms with Crippen LogP contribution in [0.4, 0.5) is 0 Å². The number of carboxylic acid groups (broad SMARTS) is 3. The molecule has 0 aliphatic carbocycles. The van der Waals surface area contributed by atoms with Gasteiger partial charge < -0.3 is 15.3 Å². The van der Waals surface area contributed by atoms with Crippen LogP contribution in [-0.2, 0) is 0 Å². The Morgan fingerprint density at radius 2 is 1.16 bits per heavy atom. The summed E-state index contributed by atoms with van der Waals surface area (Å²) in [5.41, 5.74) is -1.31. The van der Waals surface area contributed by atoms with Crippen LogP contribution in [0.5, 0.6) is 0 Å². The summed E-state index contributed by atoms with van der Waals surface area (Å²) in [6.07, 6.45) is 0. The molecule has 6 heteroatoms. The highest BCUT2D eigenvalue weighted by Crippen LogP contribution is 2.18. The van der Waals surface area contributed by atoms with Gasteiger partial charge >= 0.3 is 17.9 Å². The molecule has 3 N–H and O–H groups in total. The Hall–Kier alpha value is -4.03. The van der Waals surface area contributed by atoms with Crippen molar-refractivity contribution in [3.63, 3.8) is 0 Å². The van der Waals surface area contributed by atoms with Crippen LogP contribution in [0.25, 0.3) is 0 Å². The molecule has 0 amide bonds. The molecule has 122 valence electrons. The fourth-order valence-electron chi connectivity index (χ4n) is 2.01. The first-order valence-corrected chi connectivity index (χ1v) is 6.85. The molecule has 0 bridgehead atoms. The van der Waals surface area contributed by atoms with Crippen molar-refractivity contribution in [2.24, 2.45) is 0 Å². The van der Waals surface area contributed by atoms with Crippen molar-refractivity contribution in [3.8, 4) is 23.7 Å². The summed E-state index contributed by atoms with van der Waals surface area (Å²) in [7, 11) is 0. The Morgan fingerprint density at radius 3 is 1.60 bits per heavy atom. The Morgan fingerprint density at radius 1 is 0.680 bits per heavy atom. The smallest absolute Gasteiger partial charge is 0.337 e. The number of aromatic carboxylic acids is 3. The molecule has 0 aliphatic heterocycles. The molecule has 0 atom stereocenters. The van der Waals surface area contributed by atoms with Gasteiger partial charge in [0.05, 0.1) is 16.7 Å². The quantitative estimate of drug-likeness (QED) is 0.742. The van der Waals surface area contributed by atoms with Crippen molar-refractivity contribution in [3.05, 3.63) is 70.3 Å². The summed E-state index contributed by atoms with van der Waals surface area (Å²) in [6.45, 7) is 0. The SMILES string of the molecule is O=C(O)c1cc(C#CC#Cc2ccccc2)cc(C(=O)O)c1C(=O)O. The molecule has 0 fully saturated rings. The molecule has 2 aromatic rings. The highest BCUT2D eigenvalue weighted by Gasteiger charge is 2.24. The summed E-state index contributed by atoms with van der Waals surface area (Å²) in [6, 6.07) is 11.0. The van der Waals surface area contributed by atoms with E-state index in [-0.39, 0.29) is 5.56 Å². The first-order valence-electron chi connectivity index (χ1n) is 6.85. The standard InChI is InChI=1S/C19H10O6/c20-17(21)14-10-13(11-15(18(22)23)16(14)19(24)25)9-5-4-8-12-6-2-1-3-7-12/h1-3,6-7,10-11H,(H,20,21)(H,22,23)(H,24,25). The molecule has 0 saturated heterocycles. The average molecular weight is 334 g/mol. The highest BCUT2D eigenvalue weighted by atomic mass is 16.4. The van der Waals surface area contributed by atoms with Crippen molar-refractivity contribution >= 4 is 17.9 Å². The molecule has 2 rings (SSSR count). The summed E-state index contributed by atoms with van der Waals surface area (Å²) >= 11 is 0.